The number of ether oxygens (including phenoxy) is 4. The van der Waals surface area contributed by atoms with Crippen molar-refractivity contribution < 1.29 is 45.4 Å². The van der Waals surface area contributed by atoms with Crippen LogP contribution in [0, 0.1) is 0 Å². The van der Waals surface area contributed by atoms with Crippen molar-refractivity contribution >= 4 is 66.4 Å². The molecule has 10 nitrogen and oxygen atoms in total. The SMILES string of the molecule is CCS(=O)(=O)C[C@@H](COc1c(Cl)cc(S(=O)(=O)c2ccc(OC[C@H](CCl)OC(C)=O)cc2)cc1Cl)OC(C)=O. The van der Waals surface area contributed by atoms with Gasteiger partial charge in [-0.25, -0.2) is 16.8 Å². The topological polar surface area (TPSA) is 139 Å². The van der Waals surface area contributed by atoms with Crippen LogP contribution in [0.5, 0.6) is 11.5 Å². The van der Waals surface area contributed by atoms with Gasteiger partial charge in [-0.3, -0.25) is 9.59 Å². The first-order valence-electron chi connectivity index (χ1n) is 11.4. The van der Waals surface area contributed by atoms with Gasteiger partial charge in [0.05, 0.1) is 31.5 Å². The fourth-order valence-corrected chi connectivity index (χ4v) is 6.30. The summed E-state index contributed by atoms with van der Waals surface area (Å²) in [5.74, 6) is -1.59. The standard InChI is InChI=1S/C24H27Cl3O10S2/c1-4-38(30,31)14-19(37-16(3)29)13-35-24-22(26)9-21(10-23(24)27)39(32,33)20-7-5-17(6-8-20)34-12-18(11-25)36-15(2)28/h5-10,18-19H,4,11-14H2,1-3H3/t18-,19+/m0/s1. The molecular weight excluding hydrogens is 619 g/mol. The Morgan fingerprint density at radius 2 is 1.33 bits per heavy atom. The van der Waals surface area contributed by atoms with Crippen molar-refractivity contribution in [2.75, 3.05) is 30.6 Å². The molecule has 0 aliphatic rings. The van der Waals surface area contributed by atoms with Crippen LogP contribution in [0.15, 0.2) is 46.2 Å². The summed E-state index contributed by atoms with van der Waals surface area (Å²) < 4.78 is 71.3. The van der Waals surface area contributed by atoms with Crippen LogP contribution in [-0.2, 0) is 38.7 Å². The van der Waals surface area contributed by atoms with Crippen LogP contribution in [0.1, 0.15) is 20.8 Å². The lowest BCUT2D eigenvalue weighted by molar-refractivity contribution is -0.147. The Balaban J connectivity index is 2.19. The van der Waals surface area contributed by atoms with E-state index in [9.17, 15) is 26.4 Å². The van der Waals surface area contributed by atoms with Gasteiger partial charge in [0, 0.05) is 19.6 Å². The molecule has 0 amide bonds. The zero-order valence-corrected chi connectivity index (χ0v) is 25.1. The Hall–Kier alpha value is -2.25. The molecule has 2 rings (SSSR count). The second-order valence-electron chi connectivity index (χ2n) is 8.13. The number of sulfone groups is 2. The molecule has 0 N–H and O–H groups in total. The minimum atomic E-state index is -4.06. The van der Waals surface area contributed by atoms with E-state index < -0.39 is 49.6 Å². The molecule has 0 spiro atoms. The van der Waals surface area contributed by atoms with Crippen LogP contribution in [0.25, 0.3) is 0 Å². The van der Waals surface area contributed by atoms with Crippen molar-refractivity contribution in [2.24, 2.45) is 0 Å². The molecule has 0 saturated carbocycles. The van der Waals surface area contributed by atoms with Crippen molar-refractivity contribution in [3.8, 4) is 11.5 Å². The molecule has 0 saturated heterocycles. The van der Waals surface area contributed by atoms with E-state index in [1.54, 1.807) is 0 Å². The van der Waals surface area contributed by atoms with E-state index >= 15 is 0 Å². The summed E-state index contributed by atoms with van der Waals surface area (Å²) in [7, 11) is -7.56. The van der Waals surface area contributed by atoms with E-state index in [0.29, 0.717) is 5.75 Å². The van der Waals surface area contributed by atoms with Crippen LogP contribution < -0.4 is 9.47 Å². The number of alkyl halides is 1. The highest BCUT2D eigenvalue weighted by atomic mass is 35.5. The summed E-state index contributed by atoms with van der Waals surface area (Å²) in [5.41, 5.74) is 0. The van der Waals surface area contributed by atoms with Gasteiger partial charge in [-0.05, 0) is 36.4 Å². The Labute approximate surface area is 242 Å². The highest BCUT2D eigenvalue weighted by Crippen LogP contribution is 2.37. The van der Waals surface area contributed by atoms with E-state index in [1.807, 2.05) is 0 Å². The smallest absolute Gasteiger partial charge is 0.303 e. The molecule has 0 heterocycles. The molecule has 0 aliphatic heterocycles. The molecule has 216 valence electrons. The quantitative estimate of drug-likeness (QED) is 0.218. The molecule has 0 fully saturated rings. The first kappa shape index (κ1) is 33.0. The number of esters is 2. The van der Waals surface area contributed by atoms with Gasteiger partial charge < -0.3 is 18.9 Å². The summed E-state index contributed by atoms with van der Waals surface area (Å²) in [4.78, 5) is 22.2. The van der Waals surface area contributed by atoms with Crippen molar-refractivity contribution in [1.82, 2.24) is 0 Å². The summed E-state index contributed by atoms with van der Waals surface area (Å²) in [5, 5.41) is -0.308. The van der Waals surface area contributed by atoms with Gasteiger partial charge in [0.1, 0.15) is 31.2 Å². The van der Waals surface area contributed by atoms with E-state index in [0.717, 1.165) is 19.1 Å². The molecule has 2 atom stereocenters. The number of hydrogen-bond donors (Lipinski definition) is 0. The Kier molecular flexibility index (Phi) is 12.2. The summed E-state index contributed by atoms with van der Waals surface area (Å²) in [6.07, 6.45) is -1.80. The molecule has 0 aromatic heterocycles. The lowest BCUT2D eigenvalue weighted by Gasteiger charge is -2.19. The van der Waals surface area contributed by atoms with Crippen molar-refractivity contribution in [1.29, 1.82) is 0 Å². The molecule has 2 aromatic carbocycles. The van der Waals surface area contributed by atoms with Crippen molar-refractivity contribution in [2.45, 2.75) is 42.8 Å². The minimum Gasteiger partial charge on any atom is -0.490 e. The second-order valence-corrected chi connectivity index (χ2v) is 13.6. The van der Waals surface area contributed by atoms with Gasteiger partial charge in [-0.15, -0.1) is 11.6 Å². The predicted octanol–water partition coefficient (Wildman–Crippen LogP) is 4.12. The second kappa shape index (κ2) is 14.4. The molecular formula is C24H27Cl3O10S2. The first-order valence-corrected chi connectivity index (χ1v) is 16.0. The molecule has 0 unspecified atom stereocenters. The first-order chi connectivity index (χ1) is 18.2. The maximum Gasteiger partial charge on any atom is 0.303 e. The number of carbonyl (C=O) groups is 2. The third-order valence-electron chi connectivity index (χ3n) is 4.98. The Morgan fingerprint density at radius 1 is 0.821 bits per heavy atom. The average Bonchev–Trinajstić information content (AvgIpc) is 2.85. The van der Waals surface area contributed by atoms with Gasteiger partial charge in [-0.2, -0.15) is 0 Å². The van der Waals surface area contributed by atoms with Crippen LogP contribution in [-0.4, -0.2) is 71.6 Å². The number of rotatable bonds is 14. The zero-order chi connectivity index (χ0) is 29.4. The van der Waals surface area contributed by atoms with Crippen LogP contribution in [0.4, 0.5) is 0 Å². The number of carbonyl (C=O) groups excluding carboxylic acids is 2. The average molecular weight is 646 g/mol. The van der Waals surface area contributed by atoms with Crippen LogP contribution in [0.3, 0.4) is 0 Å². The lowest BCUT2D eigenvalue weighted by Crippen LogP contribution is -2.32. The Morgan fingerprint density at radius 3 is 1.82 bits per heavy atom. The third-order valence-corrected chi connectivity index (χ3v) is 9.40. The Bertz CT molecular complexity index is 1350. The normalized spacial score (nSPS) is 13.3. The number of halogens is 3. The monoisotopic (exact) mass is 644 g/mol. The molecule has 0 bridgehead atoms. The van der Waals surface area contributed by atoms with E-state index in [1.165, 1.54) is 38.1 Å². The van der Waals surface area contributed by atoms with Gasteiger partial charge in [0.25, 0.3) is 0 Å². The molecule has 0 aliphatic carbocycles. The largest absolute Gasteiger partial charge is 0.490 e. The molecule has 15 heteroatoms. The van der Waals surface area contributed by atoms with Crippen LogP contribution in [0.2, 0.25) is 10.0 Å². The van der Waals surface area contributed by atoms with E-state index in [-0.39, 0.29) is 50.4 Å². The fraction of sp³-hybridized carbons (Fsp3) is 0.417. The van der Waals surface area contributed by atoms with Crippen molar-refractivity contribution in [3.63, 3.8) is 0 Å². The van der Waals surface area contributed by atoms with E-state index in [2.05, 4.69) is 0 Å². The van der Waals surface area contributed by atoms with Gasteiger partial charge in [0.2, 0.25) is 9.84 Å². The molecule has 39 heavy (non-hydrogen) atoms. The van der Waals surface area contributed by atoms with Gasteiger partial charge in [0.15, 0.2) is 15.6 Å². The predicted molar refractivity (Wildman–Crippen MR) is 146 cm³/mol. The number of benzene rings is 2. The van der Waals surface area contributed by atoms with Crippen molar-refractivity contribution in [3.05, 3.63) is 46.4 Å². The number of hydrogen-bond acceptors (Lipinski definition) is 10. The summed E-state index contributed by atoms with van der Waals surface area (Å²) in [6.45, 7) is 3.43. The maximum atomic E-state index is 13.2. The highest BCUT2D eigenvalue weighted by molar-refractivity contribution is 7.91. The van der Waals surface area contributed by atoms with Crippen LogP contribution >= 0.6 is 34.8 Å². The highest BCUT2D eigenvalue weighted by Gasteiger charge is 2.25. The maximum absolute atomic E-state index is 13.2. The summed E-state index contributed by atoms with van der Waals surface area (Å²) in [6, 6.07) is 7.75. The minimum absolute atomic E-state index is 0.0233. The van der Waals surface area contributed by atoms with Gasteiger partial charge >= 0.3 is 11.9 Å². The molecule has 2 aromatic rings. The zero-order valence-electron chi connectivity index (χ0n) is 21.2. The van der Waals surface area contributed by atoms with E-state index in [4.69, 9.17) is 53.8 Å². The van der Waals surface area contributed by atoms with Gasteiger partial charge in [-0.1, -0.05) is 30.1 Å². The summed E-state index contributed by atoms with van der Waals surface area (Å²) >= 11 is 18.3. The lowest BCUT2D eigenvalue weighted by atomic mass is 10.3. The molecule has 0 radical (unpaired) electrons. The fourth-order valence-electron chi connectivity index (χ4n) is 3.14. The third kappa shape index (κ3) is 10.0.